The van der Waals surface area contributed by atoms with E-state index in [1.165, 1.54) is 19.5 Å². The number of aromatic nitrogens is 2. The summed E-state index contributed by atoms with van der Waals surface area (Å²) in [5.41, 5.74) is 11.1. The van der Waals surface area contributed by atoms with Gasteiger partial charge in [-0.1, -0.05) is 25.1 Å². The monoisotopic (exact) mass is 443 g/mol. The van der Waals surface area contributed by atoms with E-state index >= 15 is 0 Å². The molecule has 3 rings (SSSR count). The van der Waals surface area contributed by atoms with Gasteiger partial charge >= 0.3 is 6.09 Å². The lowest BCUT2D eigenvalue weighted by molar-refractivity contribution is 0.183. The van der Waals surface area contributed by atoms with Crippen LogP contribution in [0.3, 0.4) is 0 Å². The SMILES string of the molecule is CCC1(C)CC=C(c2ccc(C)c(-c3nccc(C(/C=C/N)=C/C=N\C(=O)OC)n3)c2)C=N1. The van der Waals surface area contributed by atoms with Crippen LogP contribution in [0.4, 0.5) is 4.79 Å². The molecule has 1 aromatic heterocycles. The molecule has 0 spiro atoms. The van der Waals surface area contributed by atoms with Gasteiger partial charge in [-0.3, -0.25) is 4.99 Å². The van der Waals surface area contributed by atoms with Crippen LogP contribution in [0.2, 0.25) is 0 Å². The molecule has 0 fully saturated rings. The third-order valence-corrected chi connectivity index (χ3v) is 5.69. The predicted octanol–water partition coefficient (Wildman–Crippen LogP) is 5.17. The highest BCUT2D eigenvalue weighted by Crippen LogP contribution is 2.30. The normalized spacial score (nSPS) is 18.7. The smallest absolute Gasteiger partial charge is 0.433 e. The van der Waals surface area contributed by atoms with Gasteiger partial charge in [-0.05, 0) is 73.9 Å². The number of nitrogens with zero attached hydrogens (tertiary/aromatic N) is 4. The molecule has 33 heavy (non-hydrogen) atoms. The summed E-state index contributed by atoms with van der Waals surface area (Å²) >= 11 is 0. The maximum absolute atomic E-state index is 11.2. The van der Waals surface area contributed by atoms with Crippen LogP contribution >= 0.6 is 0 Å². The standard InChI is InChI=1S/C26H29N5O2/c1-5-26(3)12-8-21(17-30-26)20-7-6-18(2)22(16-20)24-28-15-11-23(31-24)19(9-13-27)10-14-29-25(32)33-4/h6-11,13-17H,5,12,27H2,1-4H3/b13-9+,19-10+,29-14-. The topological polar surface area (TPSA) is 103 Å². The second-order valence-electron chi connectivity index (χ2n) is 8.00. The molecule has 1 aliphatic heterocycles. The van der Waals surface area contributed by atoms with E-state index in [1.807, 2.05) is 13.1 Å². The third-order valence-electron chi connectivity index (χ3n) is 5.69. The summed E-state index contributed by atoms with van der Waals surface area (Å²) in [6.45, 7) is 6.37. The number of aliphatic imine (C=N–C) groups is 2. The first-order chi connectivity index (χ1) is 15.9. The second kappa shape index (κ2) is 10.6. The average Bonchev–Trinajstić information content (AvgIpc) is 2.84. The highest BCUT2D eigenvalue weighted by molar-refractivity contribution is 6.11. The third kappa shape index (κ3) is 5.88. The molecule has 1 atom stereocenters. The number of methoxy groups -OCH3 is 1. The largest absolute Gasteiger partial charge is 0.451 e. The molecule has 1 aliphatic rings. The molecule has 170 valence electrons. The van der Waals surface area contributed by atoms with Crippen molar-refractivity contribution in [1.29, 1.82) is 0 Å². The number of amides is 1. The van der Waals surface area contributed by atoms with Crippen LogP contribution < -0.4 is 5.73 Å². The molecule has 0 bridgehead atoms. The van der Waals surface area contributed by atoms with Gasteiger partial charge in [-0.25, -0.2) is 14.8 Å². The Morgan fingerprint density at radius 3 is 2.82 bits per heavy atom. The van der Waals surface area contributed by atoms with Crippen molar-refractivity contribution in [1.82, 2.24) is 9.97 Å². The average molecular weight is 444 g/mol. The molecule has 0 saturated heterocycles. The van der Waals surface area contributed by atoms with Gasteiger partial charge in [0, 0.05) is 29.8 Å². The molecule has 0 radical (unpaired) electrons. The quantitative estimate of drug-likeness (QED) is 0.490. The number of nitrogens with two attached hydrogens (primary N) is 1. The van der Waals surface area contributed by atoms with Gasteiger partial charge in [-0.15, -0.1) is 0 Å². The zero-order valence-electron chi connectivity index (χ0n) is 19.4. The first kappa shape index (κ1) is 23.8. The van der Waals surface area contributed by atoms with Crippen molar-refractivity contribution in [2.24, 2.45) is 15.7 Å². The van der Waals surface area contributed by atoms with Crippen molar-refractivity contribution in [3.05, 3.63) is 71.7 Å². The minimum atomic E-state index is -0.682. The van der Waals surface area contributed by atoms with E-state index in [1.54, 1.807) is 24.4 Å². The van der Waals surface area contributed by atoms with E-state index < -0.39 is 6.09 Å². The number of rotatable bonds is 6. The lowest BCUT2D eigenvalue weighted by Gasteiger charge is -2.25. The molecule has 1 amide bonds. The number of dihydropyridines is 1. The molecule has 0 saturated carbocycles. The van der Waals surface area contributed by atoms with E-state index in [2.05, 4.69) is 52.8 Å². The Morgan fingerprint density at radius 2 is 2.15 bits per heavy atom. The number of aryl methyl sites for hydroxylation is 1. The van der Waals surface area contributed by atoms with E-state index in [9.17, 15) is 4.79 Å². The number of hydrogen-bond donors (Lipinski definition) is 1. The number of ether oxygens (including phenoxy) is 1. The molecule has 2 N–H and O–H groups in total. The number of hydrogen-bond acceptors (Lipinski definition) is 6. The van der Waals surface area contributed by atoms with Crippen molar-refractivity contribution in [3.63, 3.8) is 0 Å². The molecule has 0 aliphatic carbocycles. The van der Waals surface area contributed by atoms with Crippen LogP contribution in [0.1, 0.15) is 43.5 Å². The summed E-state index contributed by atoms with van der Waals surface area (Å²) < 4.78 is 4.52. The molecule has 7 heteroatoms. The number of carbonyl (C=O) groups excluding carboxylic acids is 1. The molecular weight excluding hydrogens is 414 g/mol. The van der Waals surface area contributed by atoms with Crippen LogP contribution in [-0.4, -0.2) is 41.1 Å². The zero-order chi connectivity index (χ0) is 23.8. The van der Waals surface area contributed by atoms with Crippen molar-refractivity contribution < 1.29 is 9.53 Å². The molecule has 1 unspecified atom stereocenters. The lowest BCUT2D eigenvalue weighted by Crippen LogP contribution is -2.22. The highest BCUT2D eigenvalue weighted by atomic mass is 16.5. The first-order valence-corrected chi connectivity index (χ1v) is 10.8. The summed E-state index contributed by atoms with van der Waals surface area (Å²) in [6, 6.07) is 8.05. The molecule has 1 aromatic carbocycles. The van der Waals surface area contributed by atoms with Gasteiger partial charge in [0.2, 0.25) is 0 Å². The summed E-state index contributed by atoms with van der Waals surface area (Å²) in [4.78, 5) is 28.9. The molecule has 7 nitrogen and oxygen atoms in total. The van der Waals surface area contributed by atoms with Crippen molar-refractivity contribution in [2.45, 2.75) is 39.2 Å². The number of carbonyl (C=O) groups is 1. The molecule has 2 heterocycles. The van der Waals surface area contributed by atoms with Crippen LogP contribution in [0.25, 0.3) is 22.5 Å². The first-order valence-electron chi connectivity index (χ1n) is 10.8. The van der Waals surface area contributed by atoms with Crippen molar-refractivity contribution in [3.8, 4) is 11.4 Å². The Balaban J connectivity index is 1.96. The predicted molar refractivity (Wildman–Crippen MR) is 134 cm³/mol. The maximum Gasteiger partial charge on any atom is 0.433 e. The van der Waals surface area contributed by atoms with Crippen molar-refractivity contribution in [2.75, 3.05) is 7.11 Å². The Morgan fingerprint density at radius 1 is 1.33 bits per heavy atom. The fourth-order valence-corrected chi connectivity index (χ4v) is 3.34. The van der Waals surface area contributed by atoms with Crippen LogP contribution in [0, 0.1) is 6.92 Å². The summed E-state index contributed by atoms with van der Waals surface area (Å²) in [6.07, 6.45) is 13.2. The highest BCUT2D eigenvalue weighted by Gasteiger charge is 2.22. The van der Waals surface area contributed by atoms with Crippen LogP contribution in [0.5, 0.6) is 0 Å². The van der Waals surface area contributed by atoms with E-state index in [4.69, 9.17) is 15.7 Å². The summed E-state index contributed by atoms with van der Waals surface area (Å²) in [5, 5.41) is 0. The lowest BCUT2D eigenvalue weighted by atomic mass is 9.89. The fourth-order valence-electron chi connectivity index (χ4n) is 3.34. The Bertz CT molecular complexity index is 1180. The second-order valence-corrected chi connectivity index (χ2v) is 8.00. The van der Waals surface area contributed by atoms with Gasteiger partial charge < -0.3 is 10.5 Å². The Kier molecular flexibility index (Phi) is 7.66. The van der Waals surface area contributed by atoms with Gasteiger partial charge in [0.15, 0.2) is 5.82 Å². The van der Waals surface area contributed by atoms with Crippen molar-refractivity contribution >= 4 is 29.7 Å². The number of allylic oxidation sites excluding steroid dienone is 4. The number of benzene rings is 1. The minimum absolute atomic E-state index is 0.0229. The van der Waals surface area contributed by atoms with Gasteiger partial charge in [0.1, 0.15) is 0 Å². The van der Waals surface area contributed by atoms with E-state index in [-0.39, 0.29) is 5.54 Å². The van der Waals surface area contributed by atoms with Crippen LogP contribution in [0.15, 0.2) is 64.9 Å². The Hall–Kier alpha value is -3.87. The van der Waals surface area contributed by atoms with E-state index in [0.29, 0.717) is 17.1 Å². The van der Waals surface area contributed by atoms with Gasteiger partial charge in [0.25, 0.3) is 0 Å². The van der Waals surface area contributed by atoms with Gasteiger partial charge in [0.05, 0.1) is 18.3 Å². The van der Waals surface area contributed by atoms with E-state index in [0.717, 1.165) is 35.1 Å². The Labute approximate surface area is 194 Å². The fraction of sp³-hybridized carbons (Fsp3) is 0.269. The summed E-state index contributed by atoms with van der Waals surface area (Å²) in [7, 11) is 1.27. The summed E-state index contributed by atoms with van der Waals surface area (Å²) in [5.74, 6) is 0.597. The zero-order valence-corrected chi connectivity index (χ0v) is 19.4. The molecular formula is C26H29N5O2. The van der Waals surface area contributed by atoms with Crippen LogP contribution in [-0.2, 0) is 4.74 Å². The van der Waals surface area contributed by atoms with Gasteiger partial charge in [-0.2, -0.15) is 4.99 Å². The minimum Gasteiger partial charge on any atom is -0.451 e. The molecule has 2 aromatic rings. The maximum atomic E-state index is 11.2.